The molecule has 0 bridgehead atoms. The SMILES string of the molecule is COc1cnc(C)cc1-c1cc(C)ncc1C(=O)Nc1nc2ncc(-c3ccc(Cl)cc3)nc2s1. The number of nitrogens with one attached hydrogen (secondary N) is 1. The van der Waals surface area contributed by atoms with Crippen LogP contribution in [-0.4, -0.2) is 37.9 Å². The molecule has 4 aromatic heterocycles. The van der Waals surface area contributed by atoms with E-state index in [1.807, 2.05) is 38.1 Å². The minimum Gasteiger partial charge on any atom is -0.494 e. The number of rotatable bonds is 5. The molecule has 0 aliphatic rings. The predicted octanol–water partition coefficient (Wildman–Crippen LogP) is 5.74. The molecular formula is C25H19ClN6O2S. The summed E-state index contributed by atoms with van der Waals surface area (Å²) in [6.07, 6.45) is 4.85. The van der Waals surface area contributed by atoms with E-state index in [9.17, 15) is 4.79 Å². The molecule has 5 rings (SSSR count). The number of methoxy groups -OCH3 is 1. The molecule has 1 N–H and O–H groups in total. The molecule has 0 unspecified atom stereocenters. The number of carbonyl (C=O) groups is 1. The highest BCUT2D eigenvalue weighted by Gasteiger charge is 2.19. The third kappa shape index (κ3) is 4.68. The van der Waals surface area contributed by atoms with Crippen LogP contribution in [0.4, 0.5) is 5.13 Å². The van der Waals surface area contributed by atoms with Crippen molar-refractivity contribution in [3.05, 3.63) is 77.0 Å². The number of nitrogens with zero attached hydrogens (tertiary/aromatic N) is 5. The van der Waals surface area contributed by atoms with E-state index >= 15 is 0 Å². The van der Waals surface area contributed by atoms with Crippen molar-refractivity contribution in [3.63, 3.8) is 0 Å². The van der Waals surface area contributed by atoms with Crippen LogP contribution in [0.2, 0.25) is 5.02 Å². The lowest BCUT2D eigenvalue weighted by Gasteiger charge is -2.13. The Bertz CT molecular complexity index is 1570. The molecular weight excluding hydrogens is 484 g/mol. The van der Waals surface area contributed by atoms with Crippen molar-refractivity contribution in [1.82, 2.24) is 24.9 Å². The molecule has 0 saturated carbocycles. The normalized spacial score (nSPS) is 11.0. The molecule has 10 heteroatoms. The molecule has 0 atom stereocenters. The third-order valence-corrected chi connectivity index (χ3v) is 6.39. The van der Waals surface area contributed by atoms with Crippen molar-refractivity contribution < 1.29 is 9.53 Å². The van der Waals surface area contributed by atoms with E-state index < -0.39 is 0 Å². The summed E-state index contributed by atoms with van der Waals surface area (Å²) in [6.45, 7) is 3.75. The highest BCUT2D eigenvalue weighted by molar-refractivity contribution is 7.21. The van der Waals surface area contributed by atoms with Gasteiger partial charge in [0.1, 0.15) is 5.75 Å². The second kappa shape index (κ2) is 9.36. The van der Waals surface area contributed by atoms with E-state index in [4.69, 9.17) is 16.3 Å². The van der Waals surface area contributed by atoms with Crippen LogP contribution < -0.4 is 10.1 Å². The van der Waals surface area contributed by atoms with Gasteiger partial charge in [0.2, 0.25) is 0 Å². The fraction of sp³-hybridized carbons (Fsp3) is 0.120. The lowest BCUT2D eigenvalue weighted by Crippen LogP contribution is -2.14. The van der Waals surface area contributed by atoms with Crippen LogP contribution in [0.1, 0.15) is 21.7 Å². The second-order valence-electron chi connectivity index (χ2n) is 7.76. The van der Waals surface area contributed by atoms with Crippen LogP contribution in [0.3, 0.4) is 0 Å². The van der Waals surface area contributed by atoms with E-state index in [2.05, 4.69) is 30.2 Å². The number of thiazole rings is 1. The number of aryl methyl sites for hydroxylation is 2. The molecule has 0 aliphatic carbocycles. The molecule has 4 heterocycles. The van der Waals surface area contributed by atoms with E-state index in [1.54, 1.807) is 37.8 Å². The summed E-state index contributed by atoms with van der Waals surface area (Å²) in [5.74, 6) is 0.222. The van der Waals surface area contributed by atoms with Gasteiger partial charge in [0.05, 0.1) is 30.8 Å². The minimum atomic E-state index is -0.346. The Balaban J connectivity index is 1.48. The van der Waals surface area contributed by atoms with E-state index in [0.717, 1.165) is 22.5 Å². The van der Waals surface area contributed by atoms with Gasteiger partial charge in [0, 0.05) is 39.3 Å². The van der Waals surface area contributed by atoms with Gasteiger partial charge < -0.3 is 4.74 Å². The Kier molecular flexibility index (Phi) is 6.10. The maximum Gasteiger partial charge on any atom is 0.259 e. The maximum atomic E-state index is 13.3. The smallest absolute Gasteiger partial charge is 0.259 e. The molecule has 35 heavy (non-hydrogen) atoms. The van der Waals surface area contributed by atoms with Gasteiger partial charge in [-0.1, -0.05) is 35.1 Å². The monoisotopic (exact) mass is 502 g/mol. The topological polar surface area (TPSA) is 103 Å². The second-order valence-corrected chi connectivity index (χ2v) is 9.18. The Morgan fingerprint density at radius 3 is 2.40 bits per heavy atom. The largest absolute Gasteiger partial charge is 0.494 e. The van der Waals surface area contributed by atoms with Gasteiger partial charge >= 0.3 is 0 Å². The molecule has 0 saturated heterocycles. The highest BCUT2D eigenvalue weighted by atomic mass is 35.5. The Morgan fingerprint density at radius 1 is 0.943 bits per heavy atom. The number of halogens is 1. The van der Waals surface area contributed by atoms with Crippen LogP contribution in [0.5, 0.6) is 5.75 Å². The summed E-state index contributed by atoms with van der Waals surface area (Å²) in [6, 6.07) is 11.1. The molecule has 174 valence electrons. The van der Waals surface area contributed by atoms with Gasteiger partial charge in [-0.25, -0.2) is 9.97 Å². The highest BCUT2D eigenvalue weighted by Crippen LogP contribution is 2.33. The van der Waals surface area contributed by atoms with Crippen LogP contribution in [0, 0.1) is 13.8 Å². The van der Waals surface area contributed by atoms with Crippen molar-refractivity contribution in [3.8, 4) is 28.1 Å². The first-order chi connectivity index (χ1) is 16.9. The summed E-state index contributed by atoms with van der Waals surface area (Å²) < 4.78 is 5.49. The maximum absolute atomic E-state index is 13.3. The predicted molar refractivity (Wildman–Crippen MR) is 137 cm³/mol. The molecule has 0 spiro atoms. The number of fused-ring (bicyclic) bond motifs is 1. The van der Waals surface area contributed by atoms with Crippen LogP contribution >= 0.6 is 22.9 Å². The van der Waals surface area contributed by atoms with Crippen molar-refractivity contribution in [2.24, 2.45) is 0 Å². The number of hydrogen-bond acceptors (Lipinski definition) is 8. The number of ether oxygens (including phenoxy) is 1. The molecule has 5 aromatic rings. The fourth-order valence-electron chi connectivity index (χ4n) is 3.58. The van der Waals surface area contributed by atoms with Gasteiger partial charge in [-0.2, -0.15) is 4.98 Å². The molecule has 0 fully saturated rings. The van der Waals surface area contributed by atoms with E-state index in [-0.39, 0.29) is 5.91 Å². The summed E-state index contributed by atoms with van der Waals surface area (Å²) in [5.41, 5.74) is 5.46. The lowest BCUT2D eigenvalue weighted by molar-refractivity contribution is 0.102. The quantitative estimate of drug-likeness (QED) is 0.327. The van der Waals surface area contributed by atoms with E-state index in [0.29, 0.717) is 43.2 Å². The Morgan fingerprint density at radius 2 is 1.66 bits per heavy atom. The number of amides is 1. The number of carbonyl (C=O) groups excluding carboxylic acids is 1. The average molecular weight is 503 g/mol. The summed E-state index contributed by atoms with van der Waals surface area (Å²) in [5, 5.41) is 3.91. The van der Waals surface area contributed by atoms with Gasteiger partial charge in [-0.15, -0.1) is 0 Å². The fourth-order valence-corrected chi connectivity index (χ4v) is 4.50. The zero-order valence-corrected chi connectivity index (χ0v) is 20.6. The number of pyridine rings is 2. The number of aromatic nitrogens is 5. The first-order valence-corrected chi connectivity index (χ1v) is 11.8. The number of benzene rings is 1. The van der Waals surface area contributed by atoms with Crippen LogP contribution in [0.15, 0.2) is 55.0 Å². The summed E-state index contributed by atoms with van der Waals surface area (Å²) in [7, 11) is 1.57. The summed E-state index contributed by atoms with van der Waals surface area (Å²) in [4.78, 5) is 36.0. The first-order valence-electron chi connectivity index (χ1n) is 10.6. The van der Waals surface area contributed by atoms with Crippen molar-refractivity contribution in [2.75, 3.05) is 12.4 Å². The van der Waals surface area contributed by atoms with Gasteiger partial charge in [-0.05, 0) is 38.1 Å². The van der Waals surface area contributed by atoms with Crippen molar-refractivity contribution >= 4 is 44.5 Å². The summed E-state index contributed by atoms with van der Waals surface area (Å²) >= 11 is 7.23. The number of hydrogen-bond donors (Lipinski definition) is 1. The van der Waals surface area contributed by atoms with Gasteiger partial charge in [-0.3, -0.25) is 20.1 Å². The molecule has 1 amide bonds. The molecule has 0 aliphatic heterocycles. The van der Waals surface area contributed by atoms with Crippen molar-refractivity contribution in [2.45, 2.75) is 13.8 Å². The Hall–Kier alpha value is -3.95. The Labute approximate surface area is 210 Å². The van der Waals surface area contributed by atoms with Crippen LogP contribution in [-0.2, 0) is 0 Å². The zero-order chi connectivity index (χ0) is 24.5. The molecule has 0 radical (unpaired) electrons. The molecule has 1 aromatic carbocycles. The average Bonchev–Trinajstić information content (AvgIpc) is 3.25. The van der Waals surface area contributed by atoms with Crippen LogP contribution in [0.25, 0.3) is 32.9 Å². The van der Waals surface area contributed by atoms with Gasteiger partial charge in [0.25, 0.3) is 5.91 Å². The first kappa shape index (κ1) is 22.8. The standard InChI is InChI=1S/C25H19ClN6O2S/c1-13-8-17(18-9-14(2)28-12-21(18)34-3)19(10-27-13)23(33)32-25-31-22-24(35-25)30-20(11-29-22)15-4-6-16(26)7-5-15/h4-12H,1-3H3,(H,29,31,32,33). The minimum absolute atomic E-state index is 0.346. The van der Waals surface area contributed by atoms with Crippen molar-refractivity contribution in [1.29, 1.82) is 0 Å². The van der Waals surface area contributed by atoms with Gasteiger partial charge in [0.15, 0.2) is 15.6 Å². The third-order valence-electron chi connectivity index (χ3n) is 5.28. The molecule has 8 nitrogen and oxygen atoms in total. The van der Waals surface area contributed by atoms with E-state index in [1.165, 1.54) is 11.3 Å². The zero-order valence-electron chi connectivity index (χ0n) is 19.0. The lowest BCUT2D eigenvalue weighted by atomic mass is 9.99. The number of anilines is 1.